The maximum atomic E-state index is 13.8. The van der Waals surface area contributed by atoms with Gasteiger partial charge in [-0.2, -0.15) is 0 Å². The topological polar surface area (TPSA) is 141 Å². The summed E-state index contributed by atoms with van der Waals surface area (Å²) in [6.07, 6.45) is -1.49. The number of fused-ring (bicyclic) bond motifs is 1. The van der Waals surface area contributed by atoms with E-state index in [-0.39, 0.29) is 70.2 Å². The monoisotopic (exact) mass is 676 g/mol. The largest absolute Gasteiger partial charge is 0.496 e. The molecular formula is C37H40O12. The van der Waals surface area contributed by atoms with Crippen molar-refractivity contribution in [1.29, 1.82) is 0 Å². The summed E-state index contributed by atoms with van der Waals surface area (Å²) in [5.74, 6) is 1.27. The van der Waals surface area contributed by atoms with Crippen molar-refractivity contribution in [3.8, 4) is 51.4 Å². The van der Waals surface area contributed by atoms with E-state index >= 15 is 0 Å². The van der Waals surface area contributed by atoms with Crippen LogP contribution in [0, 0.1) is 6.92 Å². The smallest absolute Gasteiger partial charge is 0.204 e. The van der Waals surface area contributed by atoms with Gasteiger partial charge in [-0.05, 0) is 61.0 Å². The van der Waals surface area contributed by atoms with E-state index in [1.807, 2.05) is 6.92 Å². The predicted molar refractivity (Wildman–Crippen MR) is 179 cm³/mol. The number of aliphatic hydroxyl groups is 2. The molecule has 0 saturated heterocycles. The molecule has 260 valence electrons. The molecule has 5 rings (SSSR count). The average Bonchev–Trinajstić information content (AvgIpc) is 3.13. The molecular weight excluding hydrogens is 636 g/mol. The van der Waals surface area contributed by atoms with Crippen molar-refractivity contribution < 1.29 is 57.6 Å². The van der Waals surface area contributed by atoms with Gasteiger partial charge in [0.15, 0.2) is 19.2 Å². The van der Waals surface area contributed by atoms with Gasteiger partial charge in [0.25, 0.3) is 0 Å². The number of methoxy groups -OCH3 is 7. The fourth-order valence-electron chi connectivity index (χ4n) is 6.33. The molecule has 2 atom stereocenters. The summed E-state index contributed by atoms with van der Waals surface area (Å²) in [6, 6.07) is 15.0. The number of ether oxygens (including phenoxy) is 9. The molecule has 12 nitrogen and oxygen atoms in total. The Bertz CT molecular complexity index is 1830. The molecule has 4 aromatic carbocycles. The molecule has 0 saturated carbocycles. The molecule has 0 aliphatic heterocycles. The number of Topliss-reactive ketones (excluding diaryl/α,β-unsaturated/α-hetero) is 1. The SMILES string of the molecule is COCOc1cccc(OCOC)c1[C@H](O)c1c(OC)ccc(OC)c1-c1c(OC)ccc([C@@]2(O)C(=O)c3cc(C)cc(OC)c32)c1OC. The van der Waals surface area contributed by atoms with E-state index in [2.05, 4.69) is 0 Å². The van der Waals surface area contributed by atoms with E-state index in [4.69, 9.17) is 42.6 Å². The lowest BCUT2D eigenvalue weighted by atomic mass is 9.66. The lowest BCUT2D eigenvalue weighted by Gasteiger charge is -2.40. The van der Waals surface area contributed by atoms with Crippen LogP contribution in [0.5, 0.6) is 40.2 Å². The van der Waals surface area contributed by atoms with Crippen molar-refractivity contribution in [2.24, 2.45) is 0 Å². The van der Waals surface area contributed by atoms with E-state index in [1.54, 1.807) is 54.6 Å². The molecule has 0 aromatic heterocycles. The quantitative estimate of drug-likeness (QED) is 0.160. The first-order chi connectivity index (χ1) is 23.7. The molecule has 0 bridgehead atoms. The summed E-state index contributed by atoms with van der Waals surface area (Å²) >= 11 is 0. The fraction of sp³-hybridized carbons (Fsp3) is 0.324. The van der Waals surface area contributed by atoms with Gasteiger partial charge in [-0.3, -0.25) is 4.79 Å². The van der Waals surface area contributed by atoms with Crippen molar-refractivity contribution >= 4 is 5.78 Å². The molecule has 0 amide bonds. The number of hydrogen-bond acceptors (Lipinski definition) is 12. The van der Waals surface area contributed by atoms with Gasteiger partial charge in [-0.1, -0.05) is 6.07 Å². The van der Waals surface area contributed by atoms with Crippen LogP contribution >= 0.6 is 0 Å². The van der Waals surface area contributed by atoms with Crippen molar-refractivity contribution in [1.82, 2.24) is 0 Å². The van der Waals surface area contributed by atoms with Gasteiger partial charge in [0, 0.05) is 42.0 Å². The molecule has 49 heavy (non-hydrogen) atoms. The minimum Gasteiger partial charge on any atom is -0.496 e. The Morgan fingerprint density at radius 1 is 0.653 bits per heavy atom. The maximum absolute atomic E-state index is 13.8. The second kappa shape index (κ2) is 14.6. The Hall–Kier alpha value is -5.01. The molecule has 1 aliphatic rings. The van der Waals surface area contributed by atoms with Crippen molar-refractivity contribution in [3.63, 3.8) is 0 Å². The van der Waals surface area contributed by atoms with Gasteiger partial charge in [0.2, 0.25) is 5.78 Å². The van der Waals surface area contributed by atoms with E-state index in [0.717, 1.165) is 5.56 Å². The first-order valence-corrected chi connectivity index (χ1v) is 15.2. The summed E-state index contributed by atoms with van der Waals surface area (Å²) in [7, 11) is 10.2. The van der Waals surface area contributed by atoms with Gasteiger partial charge in [-0.15, -0.1) is 0 Å². The lowest BCUT2D eigenvalue weighted by molar-refractivity contribution is 0.0353. The Morgan fingerprint density at radius 3 is 1.76 bits per heavy atom. The van der Waals surface area contributed by atoms with Crippen molar-refractivity contribution in [2.45, 2.75) is 18.6 Å². The zero-order valence-electron chi connectivity index (χ0n) is 28.7. The number of rotatable bonds is 15. The van der Waals surface area contributed by atoms with Crippen LogP contribution in [-0.2, 0) is 15.1 Å². The molecule has 0 spiro atoms. The van der Waals surface area contributed by atoms with Gasteiger partial charge < -0.3 is 52.8 Å². The minimum absolute atomic E-state index is 0.0863. The van der Waals surface area contributed by atoms with Crippen LogP contribution in [-0.4, -0.2) is 79.4 Å². The highest BCUT2D eigenvalue weighted by molar-refractivity contribution is 6.16. The Balaban J connectivity index is 1.85. The summed E-state index contributed by atoms with van der Waals surface area (Å²) in [5.41, 5.74) is 0.450. The molecule has 0 heterocycles. The van der Waals surface area contributed by atoms with Crippen LogP contribution in [0.4, 0.5) is 0 Å². The molecule has 2 N–H and O–H groups in total. The summed E-state index contributed by atoms with van der Waals surface area (Å²) < 4.78 is 51.2. The second-order valence-corrected chi connectivity index (χ2v) is 11.1. The van der Waals surface area contributed by atoms with Crippen LogP contribution in [0.2, 0.25) is 0 Å². The Labute approximate surface area is 284 Å². The van der Waals surface area contributed by atoms with E-state index in [9.17, 15) is 15.0 Å². The van der Waals surface area contributed by atoms with Crippen LogP contribution in [0.3, 0.4) is 0 Å². The van der Waals surface area contributed by atoms with Crippen LogP contribution in [0.1, 0.15) is 44.3 Å². The predicted octanol–water partition coefficient (Wildman–Crippen LogP) is 5.18. The van der Waals surface area contributed by atoms with Gasteiger partial charge >= 0.3 is 0 Å². The average molecular weight is 677 g/mol. The number of aryl methyl sites for hydroxylation is 1. The third kappa shape index (κ3) is 5.86. The van der Waals surface area contributed by atoms with Crippen LogP contribution in [0.15, 0.2) is 54.6 Å². The first kappa shape index (κ1) is 35.3. The summed E-state index contributed by atoms with van der Waals surface area (Å²) in [4.78, 5) is 13.8. The summed E-state index contributed by atoms with van der Waals surface area (Å²) in [5, 5.41) is 24.7. The first-order valence-electron chi connectivity index (χ1n) is 15.2. The third-order valence-corrected chi connectivity index (χ3v) is 8.43. The van der Waals surface area contributed by atoms with Gasteiger partial charge in [0.05, 0.1) is 46.7 Å². The minimum atomic E-state index is -2.13. The zero-order valence-corrected chi connectivity index (χ0v) is 28.7. The third-order valence-electron chi connectivity index (χ3n) is 8.43. The molecule has 12 heteroatoms. The van der Waals surface area contributed by atoms with E-state index in [0.29, 0.717) is 22.6 Å². The highest BCUT2D eigenvalue weighted by Crippen LogP contribution is 2.57. The van der Waals surface area contributed by atoms with E-state index < -0.39 is 17.5 Å². The van der Waals surface area contributed by atoms with Crippen molar-refractivity contribution in [2.75, 3.05) is 63.4 Å². The maximum Gasteiger partial charge on any atom is 0.204 e. The summed E-state index contributed by atoms with van der Waals surface area (Å²) in [6.45, 7) is 1.61. The number of hydrogen-bond donors (Lipinski definition) is 2. The number of ketones is 1. The van der Waals surface area contributed by atoms with Gasteiger partial charge in [-0.25, -0.2) is 0 Å². The Morgan fingerprint density at radius 2 is 1.20 bits per heavy atom. The Kier molecular flexibility index (Phi) is 10.5. The van der Waals surface area contributed by atoms with Crippen LogP contribution in [0.25, 0.3) is 11.1 Å². The molecule has 0 radical (unpaired) electrons. The molecule has 0 fully saturated rings. The van der Waals surface area contributed by atoms with Crippen molar-refractivity contribution in [3.05, 3.63) is 88.0 Å². The number of aliphatic hydroxyl groups excluding tert-OH is 1. The number of benzene rings is 4. The lowest BCUT2D eigenvalue weighted by Crippen LogP contribution is -2.47. The highest BCUT2D eigenvalue weighted by Gasteiger charge is 2.56. The standard InChI is InChI=1S/C37H40O12/c1-20-16-21-33(28(17-20)46-7)37(40,36(21)39)22-12-13-25(45-6)32(35(22)47-8)30-23(43-4)14-15-24(44-5)31(30)34(38)29-26(48-18-41-2)10-9-11-27(29)49-19-42-3/h9-17,34,38,40H,18-19H2,1-8H3/t34-,37-/m0/s1. The van der Waals surface area contributed by atoms with Crippen LogP contribution < -0.4 is 33.2 Å². The molecule has 1 aliphatic carbocycles. The number of carbonyl (C=O) groups is 1. The normalized spacial score (nSPS) is 15.5. The van der Waals surface area contributed by atoms with Gasteiger partial charge in [0.1, 0.15) is 46.4 Å². The number of carbonyl (C=O) groups excluding carboxylic acids is 1. The van der Waals surface area contributed by atoms with E-state index in [1.165, 1.54) is 49.8 Å². The fourth-order valence-corrected chi connectivity index (χ4v) is 6.33. The second-order valence-electron chi connectivity index (χ2n) is 11.1. The zero-order chi connectivity index (χ0) is 35.5. The molecule has 0 unspecified atom stereocenters. The highest BCUT2D eigenvalue weighted by atomic mass is 16.7. The molecule has 4 aromatic rings.